The maximum Gasteiger partial charge on any atom is 0.142 e. The van der Waals surface area contributed by atoms with Gasteiger partial charge in [-0.3, -0.25) is 4.98 Å². The minimum Gasteiger partial charge on any atom is -0.496 e. The smallest absolute Gasteiger partial charge is 0.142 e. The molecule has 0 saturated heterocycles. The topological polar surface area (TPSA) is 43.4 Å². The quantitative estimate of drug-likeness (QED) is 0.878. The molecule has 0 fully saturated rings. The molecule has 1 heterocycles. The molecule has 4 nitrogen and oxygen atoms in total. The van der Waals surface area contributed by atoms with E-state index in [-0.39, 0.29) is 6.04 Å². The third-order valence-electron chi connectivity index (χ3n) is 3.21. The van der Waals surface area contributed by atoms with Gasteiger partial charge < -0.3 is 14.8 Å². The van der Waals surface area contributed by atoms with Crippen LogP contribution in [0.25, 0.3) is 0 Å². The van der Waals surface area contributed by atoms with Gasteiger partial charge in [0.25, 0.3) is 0 Å². The Hall–Kier alpha value is -2.07. The van der Waals surface area contributed by atoms with E-state index in [0.29, 0.717) is 0 Å². The highest BCUT2D eigenvalue weighted by molar-refractivity contribution is 5.45. The highest BCUT2D eigenvalue weighted by Gasteiger charge is 2.20. The molecule has 1 atom stereocenters. The molecule has 0 bridgehead atoms. The Morgan fingerprint density at radius 3 is 2.45 bits per heavy atom. The van der Waals surface area contributed by atoms with Crippen LogP contribution >= 0.6 is 0 Å². The van der Waals surface area contributed by atoms with E-state index in [1.54, 1.807) is 26.6 Å². The van der Waals surface area contributed by atoms with Gasteiger partial charge in [-0.15, -0.1) is 0 Å². The molecule has 1 aromatic carbocycles. The second-order valence-electron chi connectivity index (χ2n) is 4.35. The molecule has 2 rings (SSSR count). The molecule has 2 aromatic rings. The van der Waals surface area contributed by atoms with E-state index in [9.17, 15) is 0 Å². The number of rotatable bonds is 6. The molecule has 0 aliphatic rings. The normalized spacial score (nSPS) is 11.9. The summed E-state index contributed by atoms with van der Waals surface area (Å²) in [6.07, 6.45) is 3.51. The van der Waals surface area contributed by atoms with E-state index in [1.807, 2.05) is 24.3 Å². The SMILES string of the molecule is CCNC(c1ccccc1OC)c1ccncc1OC. The van der Waals surface area contributed by atoms with Gasteiger partial charge in [0.15, 0.2) is 0 Å². The minimum atomic E-state index is 0.00843. The Kier molecular flexibility index (Phi) is 4.96. The fourth-order valence-electron chi connectivity index (χ4n) is 2.30. The molecule has 0 amide bonds. The van der Waals surface area contributed by atoms with Gasteiger partial charge in [0.1, 0.15) is 11.5 Å². The first kappa shape index (κ1) is 14.3. The van der Waals surface area contributed by atoms with E-state index in [2.05, 4.69) is 23.3 Å². The summed E-state index contributed by atoms with van der Waals surface area (Å²) in [7, 11) is 3.34. The average Bonchev–Trinajstić information content (AvgIpc) is 2.52. The van der Waals surface area contributed by atoms with E-state index in [1.165, 1.54) is 0 Å². The van der Waals surface area contributed by atoms with Crippen LogP contribution in [0.1, 0.15) is 24.1 Å². The van der Waals surface area contributed by atoms with Crippen molar-refractivity contribution in [3.63, 3.8) is 0 Å². The summed E-state index contributed by atoms with van der Waals surface area (Å²) in [5, 5.41) is 3.48. The fourth-order valence-corrected chi connectivity index (χ4v) is 2.30. The lowest BCUT2D eigenvalue weighted by atomic mass is 9.98. The van der Waals surface area contributed by atoms with Crippen LogP contribution in [0.15, 0.2) is 42.7 Å². The number of hydrogen-bond acceptors (Lipinski definition) is 4. The first-order chi connectivity index (χ1) is 9.81. The van der Waals surface area contributed by atoms with Crippen LogP contribution < -0.4 is 14.8 Å². The number of nitrogens with zero attached hydrogens (tertiary/aromatic N) is 1. The molecule has 106 valence electrons. The zero-order valence-corrected chi connectivity index (χ0v) is 12.1. The van der Waals surface area contributed by atoms with Crippen molar-refractivity contribution < 1.29 is 9.47 Å². The fraction of sp³-hybridized carbons (Fsp3) is 0.312. The van der Waals surface area contributed by atoms with Crippen LogP contribution in [-0.4, -0.2) is 25.7 Å². The number of methoxy groups -OCH3 is 2. The van der Waals surface area contributed by atoms with E-state index < -0.39 is 0 Å². The first-order valence-electron chi connectivity index (χ1n) is 6.66. The van der Waals surface area contributed by atoms with Crippen LogP contribution in [0.2, 0.25) is 0 Å². The molecular formula is C16H20N2O2. The molecule has 0 saturated carbocycles. The van der Waals surface area contributed by atoms with Gasteiger partial charge in [-0.2, -0.15) is 0 Å². The lowest BCUT2D eigenvalue weighted by Crippen LogP contribution is -2.23. The number of para-hydroxylation sites is 1. The maximum atomic E-state index is 5.47. The third-order valence-corrected chi connectivity index (χ3v) is 3.21. The monoisotopic (exact) mass is 272 g/mol. The molecule has 0 aliphatic carbocycles. The summed E-state index contributed by atoms with van der Waals surface area (Å²) in [6.45, 7) is 2.92. The number of aromatic nitrogens is 1. The number of benzene rings is 1. The molecule has 1 aromatic heterocycles. The van der Waals surface area contributed by atoms with Crippen molar-refractivity contribution >= 4 is 0 Å². The van der Waals surface area contributed by atoms with Crippen LogP contribution in [0.3, 0.4) is 0 Å². The van der Waals surface area contributed by atoms with Crippen LogP contribution in [0, 0.1) is 0 Å². The molecular weight excluding hydrogens is 252 g/mol. The summed E-state index contributed by atoms with van der Waals surface area (Å²) in [5.41, 5.74) is 2.13. The van der Waals surface area contributed by atoms with Gasteiger partial charge >= 0.3 is 0 Å². The summed E-state index contributed by atoms with van der Waals surface area (Å²) >= 11 is 0. The Morgan fingerprint density at radius 1 is 1.05 bits per heavy atom. The van der Waals surface area contributed by atoms with E-state index in [0.717, 1.165) is 29.2 Å². The number of ether oxygens (including phenoxy) is 2. The number of nitrogens with one attached hydrogen (secondary N) is 1. The largest absolute Gasteiger partial charge is 0.496 e. The van der Waals surface area contributed by atoms with Gasteiger partial charge in [-0.1, -0.05) is 25.1 Å². The minimum absolute atomic E-state index is 0.00843. The summed E-state index contributed by atoms with van der Waals surface area (Å²) < 4.78 is 10.9. The summed E-state index contributed by atoms with van der Waals surface area (Å²) in [5.74, 6) is 1.63. The van der Waals surface area contributed by atoms with Crippen molar-refractivity contribution in [1.82, 2.24) is 10.3 Å². The van der Waals surface area contributed by atoms with Gasteiger partial charge in [-0.25, -0.2) is 0 Å². The van der Waals surface area contributed by atoms with Crippen molar-refractivity contribution in [2.24, 2.45) is 0 Å². The second kappa shape index (κ2) is 6.91. The van der Waals surface area contributed by atoms with E-state index in [4.69, 9.17) is 9.47 Å². The van der Waals surface area contributed by atoms with Gasteiger partial charge in [0.2, 0.25) is 0 Å². The van der Waals surface area contributed by atoms with Crippen molar-refractivity contribution in [2.45, 2.75) is 13.0 Å². The van der Waals surface area contributed by atoms with Crippen LogP contribution in [0.4, 0.5) is 0 Å². The van der Waals surface area contributed by atoms with Gasteiger partial charge in [0.05, 0.1) is 26.5 Å². The Morgan fingerprint density at radius 2 is 1.75 bits per heavy atom. The summed E-state index contributed by atoms with van der Waals surface area (Å²) in [6, 6.07) is 9.98. The molecule has 20 heavy (non-hydrogen) atoms. The molecule has 0 aliphatic heterocycles. The maximum absolute atomic E-state index is 5.47. The third kappa shape index (κ3) is 2.91. The molecule has 0 radical (unpaired) electrons. The standard InChI is InChI=1S/C16H20N2O2/c1-4-18-16(12-7-5-6-8-14(12)19-2)13-9-10-17-11-15(13)20-3/h5-11,16,18H,4H2,1-3H3. The molecule has 1 N–H and O–H groups in total. The van der Waals surface area contributed by atoms with Crippen molar-refractivity contribution in [3.05, 3.63) is 53.9 Å². The predicted octanol–water partition coefficient (Wildman–Crippen LogP) is 2.80. The van der Waals surface area contributed by atoms with Crippen LogP contribution in [0.5, 0.6) is 11.5 Å². The molecule has 4 heteroatoms. The number of hydrogen-bond donors (Lipinski definition) is 1. The highest BCUT2D eigenvalue weighted by Crippen LogP contribution is 2.33. The van der Waals surface area contributed by atoms with Crippen molar-refractivity contribution in [1.29, 1.82) is 0 Å². The number of pyridine rings is 1. The Labute approximate surface area is 119 Å². The zero-order valence-electron chi connectivity index (χ0n) is 12.1. The Bertz CT molecular complexity index is 510. The lowest BCUT2D eigenvalue weighted by molar-refractivity contribution is 0.393. The zero-order chi connectivity index (χ0) is 14.4. The van der Waals surface area contributed by atoms with Crippen molar-refractivity contribution in [2.75, 3.05) is 20.8 Å². The predicted molar refractivity (Wildman–Crippen MR) is 79.3 cm³/mol. The highest BCUT2D eigenvalue weighted by atomic mass is 16.5. The first-order valence-corrected chi connectivity index (χ1v) is 6.66. The van der Waals surface area contributed by atoms with Gasteiger partial charge in [-0.05, 0) is 18.7 Å². The summed E-state index contributed by atoms with van der Waals surface area (Å²) in [4.78, 5) is 4.11. The molecule has 0 spiro atoms. The Balaban J connectivity index is 2.50. The van der Waals surface area contributed by atoms with Crippen LogP contribution in [-0.2, 0) is 0 Å². The average molecular weight is 272 g/mol. The second-order valence-corrected chi connectivity index (χ2v) is 4.35. The van der Waals surface area contributed by atoms with E-state index >= 15 is 0 Å². The van der Waals surface area contributed by atoms with Gasteiger partial charge in [0, 0.05) is 17.3 Å². The molecule has 1 unspecified atom stereocenters. The lowest BCUT2D eigenvalue weighted by Gasteiger charge is -2.22. The van der Waals surface area contributed by atoms with Crippen molar-refractivity contribution in [3.8, 4) is 11.5 Å².